The minimum atomic E-state index is -0.874. The van der Waals surface area contributed by atoms with E-state index in [-0.39, 0.29) is 34.9 Å². The van der Waals surface area contributed by atoms with Crippen molar-refractivity contribution in [1.82, 2.24) is 0 Å². The highest BCUT2D eigenvalue weighted by Gasteiger charge is 2.68. The number of rotatable bonds is 4. The summed E-state index contributed by atoms with van der Waals surface area (Å²) in [5.74, 6) is 0.845. The zero-order valence-electron chi connectivity index (χ0n) is 17.0. The van der Waals surface area contributed by atoms with Crippen molar-refractivity contribution in [3.05, 3.63) is 0 Å². The SMILES string of the molecule is CC(=O)OC[C@]1(O)C[C@@]23CC[C@H]4[C@@](C)(CCC[C@@]4(C)OC=O)[C@H]2CC[C@@H]1C3. The monoisotopic (exact) mass is 378 g/mol. The Morgan fingerprint density at radius 1 is 1.15 bits per heavy atom. The smallest absolute Gasteiger partial charge is 0.302 e. The first-order valence-electron chi connectivity index (χ1n) is 10.6. The molecule has 0 aromatic rings. The Hall–Kier alpha value is -1.10. The lowest BCUT2D eigenvalue weighted by Crippen LogP contribution is -2.59. The van der Waals surface area contributed by atoms with Gasteiger partial charge in [0.25, 0.3) is 6.47 Å². The van der Waals surface area contributed by atoms with Crippen LogP contribution in [0.25, 0.3) is 0 Å². The summed E-state index contributed by atoms with van der Waals surface area (Å²) in [6.07, 6.45) is 9.25. The van der Waals surface area contributed by atoms with E-state index in [0.29, 0.717) is 18.3 Å². The van der Waals surface area contributed by atoms with E-state index >= 15 is 0 Å². The molecular formula is C22H34O5. The average molecular weight is 379 g/mol. The highest BCUT2D eigenvalue weighted by molar-refractivity contribution is 5.66. The number of carbonyl (C=O) groups excluding carboxylic acids is 2. The Bertz CT molecular complexity index is 634. The van der Waals surface area contributed by atoms with E-state index in [9.17, 15) is 14.7 Å². The summed E-state index contributed by atoms with van der Waals surface area (Å²) >= 11 is 0. The van der Waals surface area contributed by atoms with E-state index in [4.69, 9.17) is 9.47 Å². The van der Waals surface area contributed by atoms with Gasteiger partial charge in [-0.2, -0.15) is 0 Å². The third kappa shape index (κ3) is 2.75. The summed E-state index contributed by atoms with van der Waals surface area (Å²) in [7, 11) is 0. The molecule has 4 saturated carbocycles. The van der Waals surface area contributed by atoms with Crippen LogP contribution in [0.15, 0.2) is 0 Å². The zero-order chi connectivity index (χ0) is 19.5. The van der Waals surface area contributed by atoms with Crippen LogP contribution in [0.5, 0.6) is 0 Å². The molecule has 4 fully saturated rings. The zero-order valence-corrected chi connectivity index (χ0v) is 17.0. The van der Waals surface area contributed by atoms with Crippen molar-refractivity contribution in [2.75, 3.05) is 6.61 Å². The largest absolute Gasteiger partial charge is 0.463 e. The molecule has 0 heterocycles. The van der Waals surface area contributed by atoms with Gasteiger partial charge >= 0.3 is 5.97 Å². The van der Waals surface area contributed by atoms with Gasteiger partial charge in [0.2, 0.25) is 0 Å². The maximum absolute atomic E-state index is 11.4. The highest BCUT2D eigenvalue weighted by atomic mass is 16.5. The number of carbonyl (C=O) groups is 2. The molecule has 152 valence electrons. The van der Waals surface area contributed by atoms with E-state index in [1.165, 1.54) is 13.3 Å². The standard InChI is InChI=1S/C22H34O5/c1-15(24)26-13-22(25)12-21-10-7-17-19(2,18(21)6-5-16(22)11-21)8-4-9-20(17,3)27-14-23/h14,16-18,25H,4-13H2,1-3H3/t16-,17+,18-,19-,20-,21+,22-/m1/s1. The molecule has 0 saturated heterocycles. The molecule has 4 rings (SSSR count). The number of fused-ring (bicyclic) bond motifs is 3. The number of aliphatic hydroxyl groups is 1. The first-order valence-corrected chi connectivity index (χ1v) is 10.6. The molecule has 0 aliphatic heterocycles. The molecule has 0 radical (unpaired) electrons. The average Bonchev–Trinajstić information content (AvgIpc) is 2.79. The van der Waals surface area contributed by atoms with Gasteiger partial charge in [-0.15, -0.1) is 0 Å². The predicted molar refractivity (Wildman–Crippen MR) is 99.7 cm³/mol. The summed E-state index contributed by atoms with van der Waals surface area (Å²) in [5.41, 5.74) is -0.949. The minimum absolute atomic E-state index is 0.133. The fourth-order valence-corrected chi connectivity index (χ4v) is 8.21. The van der Waals surface area contributed by atoms with Crippen LogP contribution in [0.2, 0.25) is 0 Å². The molecule has 5 heteroatoms. The van der Waals surface area contributed by atoms with Gasteiger partial charge < -0.3 is 14.6 Å². The number of hydrogen-bond donors (Lipinski definition) is 1. The maximum atomic E-state index is 11.4. The molecule has 4 aliphatic carbocycles. The Balaban J connectivity index is 1.63. The summed E-state index contributed by atoms with van der Waals surface area (Å²) < 4.78 is 10.9. The molecule has 0 unspecified atom stereocenters. The van der Waals surface area contributed by atoms with Crippen molar-refractivity contribution in [3.8, 4) is 0 Å². The van der Waals surface area contributed by atoms with Crippen LogP contribution < -0.4 is 0 Å². The number of ether oxygens (including phenoxy) is 2. The normalized spacial score (nSPS) is 51.0. The maximum Gasteiger partial charge on any atom is 0.302 e. The van der Waals surface area contributed by atoms with E-state index < -0.39 is 5.60 Å². The van der Waals surface area contributed by atoms with Gasteiger partial charge in [-0.25, -0.2) is 0 Å². The molecule has 7 atom stereocenters. The van der Waals surface area contributed by atoms with Gasteiger partial charge in [0.05, 0.1) is 0 Å². The molecular weight excluding hydrogens is 344 g/mol. The van der Waals surface area contributed by atoms with Gasteiger partial charge in [-0.3, -0.25) is 9.59 Å². The van der Waals surface area contributed by atoms with E-state index in [2.05, 4.69) is 13.8 Å². The lowest BCUT2D eigenvalue weighted by Gasteiger charge is -2.63. The van der Waals surface area contributed by atoms with Gasteiger partial charge in [0.15, 0.2) is 0 Å². The van der Waals surface area contributed by atoms with E-state index in [1.807, 2.05) is 0 Å². The lowest BCUT2D eigenvalue weighted by atomic mass is 9.43. The second kappa shape index (κ2) is 6.20. The fraction of sp³-hybridized carbons (Fsp3) is 0.909. The quantitative estimate of drug-likeness (QED) is 0.597. The van der Waals surface area contributed by atoms with Crippen LogP contribution in [0, 0.1) is 28.6 Å². The van der Waals surface area contributed by atoms with Crippen LogP contribution in [0.3, 0.4) is 0 Å². The molecule has 0 aromatic heterocycles. The fourth-order valence-electron chi connectivity index (χ4n) is 8.21. The van der Waals surface area contributed by atoms with Crippen molar-refractivity contribution in [2.45, 2.75) is 89.8 Å². The second-order valence-corrected chi connectivity index (χ2v) is 10.4. The van der Waals surface area contributed by atoms with Crippen molar-refractivity contribution in [2.24, 2.45) is 28.6 Å². The topological polar surface area (TPSA) is 72.8 Å². The third-order valence-electron chi connectivity index (χ3n) is 9.11. The van der Waals surface area contributed by atoms with E-state index in [0.717, 1.165) is 51.4 Å². The van der Waals surface area contributed by atoms with Gasteiger partial charge in [0.1, 0.15) is 17.8 Å². The molecule has 1 spiro atoms. The summed E-state index contributed by atoms with van der Waals surface area (Å²) in [6, 6.07) is 0. The summed E-state index contributed by atoms with van der Waals surface area (Å²) in [5, 5.41) is 11.4. The van der Waals surface area contributed by atoms with Crippen LogP contribution in [0.4, 0.5) is 0 Å². The first-order chi connectivity index (χ1) is 12.7. The van der Waals surface area contributed by atoms with Crippen molar-refractivity contribution >= 4 is 12.4 Å². The van der Waals surface area contributed by atoms with E-state index in [1.54, 1.807) is 0 Å². The Labute approximate surface area is 162 Å². The molecule has 2 bridgehead atoms. The molecule has 1 N–H and O–H groups in total. The van der Waals surface area contributed by atoms with Gasteiger partial charge in [-0.05, 0) is 87.4 Å². The second-order valence-electron chi connectivity index (χ2n) is 10.4. The van der Waals surface area contributed by atoms with Crippen LogP contribution >= 0.6 is 0 Å². The van der Waals surface area contributed by atoms with Gasteiger partial charge in [0, 0.05) is 12.8 Å². The van der Waals surface area contributed by atoms with Crippen molar-refractivity contribution in [1.29, 1.82) is 0 Å². The van der Waals surface area contributed by atoms with Gasteiger partial charge in [-0.1, -0.05) is 6.92 Å². The molecule has 4 aliphatic rings. The Morgan fingerprint density at radius 3 is 2.63 bits per heavy atom. The lowest BCUT2D eigenvalue weighted by molar-refractivity contribution is -0.197. The Kier molecular flexibility index (Phi) is 4.41. The van der Waals surface area contributed by atoms with Crippen LogP contribution in [-0.4, -0.2) is 35.4 Å². The van der Waals surface area contributed by atoms with Crippen LogP contribution in [-0.2, 0) is 19.1 Å². The molecule has 0 aromatic carbocycles. The van der Waals surface area contributed by atoms with Crippen LogP contribution in [0.1, 0.15) is 78.6 Å². The molecule has 27 heavy (non-hydrogen) atoms. The number of esters is 1. The summed E-state index contributed by atoms with van der Waals surface area (Å²) in [6.45, 7) is 6.72. The van der Waals surface area contributed by atoms with Crippen molar-refractivity contribution < 1.29 is 24.2 Å². The Morgan fingerprint density at radius 2 is 1.93 bits per heavy atom. The molecule has 5 nitrogen and oxygen atoms in total. The third-order valence-corrected chi connectivity index (χ3v) is 9.11. The minimum Gasteiger partial charge on any atom is -0.463 e. The highest BCUT2D eigenvalue weighted by Crippen LogP contribution is 2.72. The van der Waals surface area contributed by atoms with Crippen molar-refractivity contribution in [3.63, 3.8) is 0 Å². The number of hydrogen-bond acceptors (Lipinski definition) is 5. The predicted octanol–water partition coefficient (Wildman–Crippen LogP) is 3.62. The summed E-state index contributed by atoms with van der Waals surface area (Å²) in [4.78, 5) is 22.5. The first kappa shape index (κ1) is 19.2. The molecule has 0 amide bonds.